The summed E-state index contributed by atoms with van der Waals surface area (Å²) in [4.78, 5) is 0. The number of fused-ring (bicyclic) bond motifs is 2. The zero-order valence-corrected chi connectivity index (χ0v) is 7.48. The lowest BCUT2D eigenvalue weighted by atomic mass is 10.0. The maximum Gasteiger partial charge on any atom is 0.108 e. The van der Waals surface area contributed by atoms with Crippen LogP contribution in [0.25, 0.3) is 0 Å². The first-order valence-corrected chi connectivity index (χ1v) is 4.55. The Hall–Kier alpha value is -0.640. The van der Waals surface area contributed by atoms with Crippen molar-refractivity contribution in [1.29, 1.82) is 0 Å². The second-order valence-electron chi connectivity index (χ2n) is 3.40. The van der Waals surface area contributed by atoms with Crippen molar-refractivity contribution in [2.75, 3.05) is 13.2 Å². The van der Waals surface area contributed by atoms with Crippen molar-refractivity contribution < 1.29 is 14.6 Å². The average molecular weight is 182 g/mol. The highest BCUT2D eigenvalue weighted by atomic mass is 16.6. The molecule has 0 aromatic rings. The van der Waals surface area contributed by atoms with Gasteiger partial charge in [0.25, 0.3) is 0 Å². The molecule has 2 bridgehead atoms. The average Bonchev–Trinajstić information content (AvgIpc) is 2.49. The van der Waals surface area contributed by atoms with Crippen LogP contribution in [0.1, 0.15) is 6.42 Å². The molecule has 3 nitrogen and oxygen atoms in total. The predicted octanol–water partition coefficient (Wildman–Crippen LogP) is 0.647. The van der Waals surface area contributed by atoms with Gasteiger partial charge in [-0.25, -0.2) is 0 Å². The van der Waals surface area contributed by atoms with Crippen molar-refractivity contribution in [2.24, 2.45) is 0 Å². The highest BCUT2D eigenvalue weighted by Gasteiger charge is 2.35. The lowest BCUT2D eigenvalue weighted by Gasteiger charge is -2.31. The largest absolute Gasteiger partial charge is 0.394 e. The van der Waals surface area contributed by atoms with Gasteiger partial charge in [0.2, 0.25) is 0 Å². The monoisotopic (exact) mass is 182 g/mol. The van der Waals surface area contributed by atoms with Crippen molar-refractivity contribution in [2.45, 2.75) is 24.7 Å². The number of ether oxygens (including phenoxy) is 2. The van der Waals surface area contributed by atoms with Gasteiger partial charge in [-0.3, -0.25) is 0 Å². The minimum absolute atomic E-state index is 0.0119. The Morgan fingerprint density at radius 3 is 3.23 bits per heavy atom. The Labute approximate surface area is 77.7 Å². The van der Waals surface area contributed by atoms with E-state index in [0.717, 1.165) is 12.0 Å². The summed E-state index contributed by atoms with van der Waals surface area (Å²) < 4.78 is 11.0. The fraction of sp³-hybridized carbons (Fsp3) is 0.600. The van der Waals surface area contributed by atoms with Gasteiger partial charge >= 0.3 is 0 Å². The molecule has 2 heterocycles. The SMILES string of the molecule is C=C1C[C@H]2C=C[C@H](O2)[C@H]1OCCO. The summed E-state index contributed by atoms with van der Waals surface area (Å²) in [6.07, 6.45) is 5.05. The van der Waals surface area contributed by atoms with Crippen LogP contribution in [0.3, 0.4) is 0 Å². The second-order valence-corrected chi connectivity index (χ2v) is 3.40. The van der Waals surface area contributed by atoms with Gasteiger partial charge in [0.15, 0.2) is 0 Å². The van der Waals surface area contributed by atoms with E-state index in [1.165, 1.54) is 0 Å². The van der Waals surface area contributed by atoms with E-state index in [0.29, 0.717) is 6.61 Å². The van der Waals surface area contributed by atoms with Gasteiger partial charge in [0, 0.05) is 6.42 Å². The molecule has 13 heavy (non-hydrogen) atoms. The van der Waals surface area contributed by atoms with Gasteiger partial charge in [0.05, 0.1) is 19.3 Å². The van der Waals surface area contributed by atoms with E-state index in [-0.39, 0.29) is 24.9 Å². The van der Waals surface area contributed by atoms with Crippen molar-refractivity contribution in [3.63, 3.8) is 0 Å². The molecule has 1 N–H and O–H groups in total. The maximum absolute atomic E-state index is 8.64. The molecule has 0 amide bonds. The fourth-order valence-corrected chi connectivity index (χ4v) is 1.81. The summed E-state index contributed by atoms with van der Waals surface area (Å²) in [7, 11) is 0. The van der Waals surface area contributed by atoms with Gasteiger partial charge in [-0.1, -0.05) is 18.7 Å². The summed E-state index contributed by atoms with van der Waals surface area (Å²) in [5.41, 5.74) is 1.07. The Kier molecular flexibility index (Phi) is 2.49. The topological polar surface area (TPSA) is 38.7 Å². The number of hydrogen-bond acceptors (Lipinski definition) is 3. The minimum Gasteiger partial charge on any atom is -0.394 e. The number of rotatable bonds is 3. The Bertz CT molecular complexity index is 234. The van der Waals surface area contributed by atoms with Crippen LogP contribution in [0, 0.1) is 0 Å². The van der Waals surface area contributed by atoms with Crippen LogP contribution >= 0.6 is 0 Å². The summed E-state index contributed by atoms with van der Waals surface area (Å²) in [5.74, 6) is 0. The molecule has 3 heteroatoms. The molecular weight excluding hydrogens is 168 g/mol. The molecule has 0 aromatic carbocycles. The van der Waals surface area contributed by atoms with Crippen LogP contribution in [-0.4, -0.2) is 36.6 Å². The molecule has 0 radical (unpaired) electrons. The molecule has 2 aliphatic rings. The molecule has 2 rings (SSSR count). The third kappa shape index (κ3) is 1.68. The fourth-order valence-electron chi connectivity index (χ4n) is 1.81. The number of aliphatic hydroxyl groups is 1. The van der Waals surface area contributed by atoms with Gasteiger partial charge in [-0.15, -0.1) is 0 Å². The van der Waals surface area contributed by atoms with Crippen LogP contribution in [0.4, 0.5) is 0 Å². The second kappa shape index (κ2) is 3.62. The van der Waals surface area contributed by atoms with Crippen molar-refractivity contribution in [3.8, 4) is 0 Å². The summed E-state index contributed by atoms with van der Waals surface area (Å²) in [6.45, 7) is 4.36. The highest BCUT2D eigenvalue weighted by Crippen LogP contribution is 2.31. The van der Waals surface area contributed by atoms with E-state index in [1.807, 2.05) is 6.08 Å². The predicted molar refractivity (Wildman–Crippen MR) is 48.4 cm³/mol. The molecule has 0 aliphatic carbocycles. The normalized spacial score (nSPS) is 37.0. The summed E-state index contributed by atoms with van der Waals surface area (Å²) >= 11 is 0. The van der Waals surface area contributed by atoms with Crippen molar-refractivity contribution in [3.05, 3.63) is 24.3 Å². The first-order valence-electron chi connectivity index (χ1n) is 4.55. The van der Waals surface area contributed by atoms with Crippen LogP contribution in [-0.2, 0) is 9.47 Å². The Morgan fingerprint density at radius 2 is 2.46 bits per heavy atom. The van der Waals surface area contributed by atoms with Crippen LogP contribution in [0.15, 0.2) is 24.3 Å². The Balaban J connectivity index is 1.99. The van der Waals surface area contributed by atoms with Crippen LogP contribution in [0.5, 0.6) is 0 Å². The minimum atomic E-state index is -0.0675. The van der Waals surface area contributed by atoms with E-state index in [9.17, 15) is 0 Å². The molecule has 1 fully saturated rings. The molecule has 0 saturated carbocycles. The van der Waals surface area contributed by atoms with Gasteiger partial charge < -0.3 is 14.6 Å². The number of aliphatic hydroxyl groups excluding tert-OH is 1. The molecule has 2 aliphatic heterocycles. The summed E-state index contributed by atoms with van der Waals surface area (Å²) in [5, 5.41) is 8.64. The Morgan fingerprint density at radius 1 is 1.62 bits per heavy atom. The highest BCUT2D eigenvalue weighted by molar-refractivity contribution is 5.22. The molecule has 3 atom stereocenters. The smallest absolute Gasteiger partial charge is 0.108 e. The van der Waals surface area contributed by atoms with Crippen LogP contribution < -0.4 is 0 Å². The molecular formula is C10H14O3. The van der Waals surface area contributed by atoms with Crippen molar-refractivity contribution in [1.82, 2.24) is 0 Å². The number of hydrogen-bond donors (Lipinski definition) is 1. The molecule has 0 aromatic heterocycles. The maximum atomic E-state index is 8.64. The first kappa shape index (κ1) is 8.94. The first-order chi connectivity index (χ1) is 6.31. The quantitative estimate of drug-likeness (QED) is 0.651. The van der Waals surface area contributed by atoms with Crippen LogP contribution in [0.2, 0.25) is 0 Å². The third-order valence-corrected chi connectivity index (χ3v) is 2.40. The van der Waals surface area contributed by atoms with Gasteiger partial charge in [-0.05, 0) is 5.57 Å². The third-order valence-electron chi connectivity index (χ3n) is 2.40. The van der Waals surface area contributed by atoms with Gasteiger partial charge in [-0.2, -0.15) is 0 Å². The van der Waals surface area contributed by atoms with E-state index in [1.54, 1.807) is 0 Å². The van der Waals surface area contributed by atoms with Gasteiger partial charge in [0.1, 0.15) is 12.2 Å². The van der Waals surface area contributed by atoms with E-state index in [2.05, 4.69) is 12.7 Å². The van der Waals surface area contributed by atoms with E-state index in [4.69, 9.17) is 14.6 Å². The standard InChI is InChI=1S/C10H14O3/c1-7-6-8-2-3-9(13-8)10(7)12-5-4-11/h2-3,8-11H,1,4-6H2/t8-,9+,10+/m1/s1. The van der Waals surface area contributed by atoms with Crippen molar-refractivity contribution >= 4 is 0 Å². The zero-order valence-electron chi connectivity index (χ0n) is 7.48. The van der Waals surface area contributed by atoms with E-state index >= 15 is 0 Å². The molecule has 72 valence electrons. The molecule has 1 saturated heterocycles. The summed E-state index contributed by atoms with van der Waals surface area (Å²) in [6, 6.07) is 0. The lowest BCUT2D eigenvalue weighted by Crippen LogP contribution is -2.37. The van der Waals surface area contributed by atoms with E-state index < -0.39 is 0 Å². The lowest BCUT2D eigenvalue weighted by molar-refractivity contribution is -0.0716. The molecule has 0 spiro atoms. The zero-order chi connectivity index (χ0) is 9.26. The molecule has 0 unspecified atom stereocenters.